The van der Waals surface area contributed by atoms with Crippen LogP contribution in [0.5, 0.6) is 0 Å². The van der Waals surface area contributed by atoms with E-state index in [1.54, 1.807) is 17.1 Å². The van der Waals surface area contributed by atoms with Gasteiger partial charge in [-0.25, -0.2) is 13.4 Å². The van der Waals surface area contributed by atoms with Gasteiger partial charge in [0, 0.05) is 13.1 Å². The molecule has 7 heteroatoms. The maximum atomic E-state index is 12.3. The zero-order chi connectivity index (χ0) is 15.1. The first kappa shape index (κ1) is 16.4. The number of nitrogens with one attached hydrogen (secondary N) is 2. The highest BCUT2D eigenvalue weighted by Gasteiger charge is 2.19. The van der Waals surface area contributed by atoms with Crippen molar-refractivity contribution < 1.29 is 13.2 Å². The van der Waals surface area contributed by atoms with E-state index in [4.69, 9.17) is 4.74 Å². The number of nitrogens with zero attached hydrogens (tertiary/aromatic N) is 1. The van der Waals surface area contributed by atoms with Gasteiger partial charge < -0.3 is 10.1 Å². The number of hydrazine groups is 1. The highest BCUT2D eigenvalue weighted by molar-refractivity contribution is 7.89. The second kappa shape index (κ2) is 7.86. The van der Waals surface area contributed by atoms with Crippen molar-refractivity contribution in [3.63, 3.8) is 0 Å². The quantitative estimate of drug-likeness (QED) is 0.712. The van der Waals surface area contributed by atoms with Crippen molar-refractivity contribution in [2.75, 3.05) is 39.9 Å². The first-order valence-electron chi connectivity index (χ1n) is 7.20. The van der Waals surface area contributed by atoms with E-state index in [0.717, 1.165) is 24.9 Å². The van der Waals surface area contributed by atoms with Gasteiger partial charge in [-0.2, -0.15) is 0 Å². The Bertz CT molecular complexity index is 525. The summed E-state index contributed by atoms with van der Waals surface area (Å²) in [5.41, 5.74) is 1.15. The van der Waals surface area contributed by atoms with Crippen LogP contribution in [0, 0.1) is 0 Å². The number of morpholine rings is 1. The van der Waals surface area contributed by atoms with Crippen molar-refractivity contribution in [2.45, 2.75) is 17.7 Å². The predicted molar refractivity (Wildman–Crippen MR) is 81.4 cm³/mol. The molecule has 1 fully saturated rings. The van der Waals surface area contributed by atoms with Crippen LogP contribution in [0.1, 0.15) is 12.0 Å². The van der Waals surface area contributed by atoms with Gasteiger partial charge in [0.1, 0.15) is 0 Å². The van der Waals surface area contributed by atoms with Crippen molar-refractivity contribution in [1.82, 2.24) is 15.2 Å². The van der Waals surface area contributed by atoms with E-state index >= 15 is 0 Å². The Labute approximate surface area is 126 Å². The molecule has 2 N–H and O–H groups in total. The van der Waals surface area contributed by atoms with Crippen molar-refractivity contribution in [2.24, 2.45) is 0 Å². The molecule has 1 aliphatic rings. The lowest BCUT2D eigenvalue weighted by molar-refractivity contribution is 0.0272. The second-order valence-corrected chi connectivity index (χ2v) is 6.71. The highest BCUT2D eigenvalue weighted by atomic mass is 32.2. The van der Waals surface area contributed by atoms with Crippen LogP contribution in [0.15, 0.2) is 29.2 Å². The fourth-order valence-corrected chi connectivity index (χ4v) is 3.30. The molecule has 1 aromatic rings. The molecule has 1 saturated heterocycles. The molecule has 0 amide bonds. The summed E-state index contributed by atoms with van der Waals surface area (Å²) in [7, 11) is -1.57. The molecule has 0 spiro atoms. The fourth-order valence-electron chi connectivity index (χ4n) is 2.18. The maximum absolute atomic E-state index is 12.3. The van der Waals surface area contributed by atoms with Gasteiger partial charge in [0.15, 0.2) is 0 Å². The summed E-state index contributed by atoms with van der Waals surface area (Å²) >= 11 is 0. The van der Waals surface area contributed by atoms with Crippen LogP contribution in [-0.2, 0) is 21.2 Å². The SMILES string of the molecule is CNCCCc1ccc(S(=O)(=O)NN2CCOCC2)cc1. The number of ether oxygens (including phenoxy) is 1. The van der Waals surface area contributed by atoms with E-state index in [9.17, 15) is 8.42 Å². The van der Waals surface area contributed by atoms with Crippen molar-refractivity contribution >= 4 is 10.0 Å². The second-order valence-electron chi connectivity index (χ2n) is 5.05. The summed E-state index contributed by atoms with van der Waals surface area (Å²) in [6, 6.07) is 7.09. The average molecular weight is 313 g/mol. The normalized spacial score (nSPS) is 17.0. The van der Waals surface area contributed by atoms with E-state index in [1.165, 1.54) is 0 Å². The zero-order valence-corrected chi connectivity index (χ0v) is 13.2. The number of hydrogen-bond acceptors (Lipinski definition) is 5. The average Bonchev–Trinajstić information content (AvgIpc) is 2.49. The van der Waals surface area contributed by atoms with Gasteiger partial charge in [0.25, 0.3) is 10.0 Å². The molecule has 0 radical (unpaired) electrons. The molecule has 2 rings (SSSR count). The van der Waals surface area contributed by atoms with Crippen molar-refractivity contribution in [3.8, 4) is 0 Å². The Kier molecular flexibility index (Phi) is 6.13. The largest absolute Gasteiger partial charge is 0.379 e. The van der Waals surface area contributed by atoms with Gasteiger partial charge in [-0.3, -0.25) is 0 Å². The lowest BCUT2D eigenvalue weighted by atomic mass is 10.1. The highest BCUT2D eigenvalue weighted by Crippen LogP contribution is 2.12. The zero-order valence-electron chi connectivity index (χ0n) is 12.3. The molecule has 0 aromatic heterocycles. The van der Waals surface area contributed by atoms with Gasteiger partial charge in [-0.05, 0) is 44.1 Å². The number of benzene rings is 1. The lowest BCUT2D eigenvalue weighted by Crippen LogP contribution is -2.48. The number of hydrogen-bond donors (Lipinski definition) is 2. The Morgan fingerprint density at radius 3 is 2.48 bits per heavy atom. The molecule has 1 aromatic carbocycles. The third-order valence-electron chi connectivity index (χ3n) is 3.39. The number of sulfonamides is 1. The molecule has 118 valence electrons. The standard InChI is InChI=1S/C14H23N3O3S/c1-15-8-2-3-13-4-6-14(7-5-13)21(18,19)16-17-9-11-20-12-10-17/h4-7,15-16H,2-3,8-12H2,1H3. The summed E-state index contributed by atoms with van der Waals surface area (Å²) in [5.74, 6) is 0. The molecule has 0 aliphatic carbocycles. The molecule has 0 bridgehead atoms. The van der Waals surface area contributed by atoms with Gasteiger partial charge >= 0.3 is 0 Å². The molecule has 1 heterocycles. The van der Waals surface area contributed by atoms with Crippen LogP contribution >= 0.6 is 0 Å². The van der Waals surface area contributed by atoms with Gasteiger partial charge in [0.05, 0.1) is 18.1 Å². The van der Waals surface area contributed by atoms with E-state index in [-0.39, 0.29) is 0 Å². The lowest BCUT2D eigenvalue weighted by Gasteiger charge is -2.26. The van der Waals surface area contributed by atoms with Crippen molar-refractivity contribution in [1.29, 1.82) is 0 Å². The molecule has 21 heavy (non-hydrogen) atoms. The minimum absolute atomic E-state index is 0.298. The smallest absolute Gasteiger partial charge is 0.253 e. The Morgan fingerprint density at radius 2 is 1.86 bits per heavy atom. The fraction of sp³-hybridized carbons (Fsp3) is 0.571. The molecule has 1 aliphatic heterocycles. The maximum Gasteiger partial charge on any atom is 0.253 e. The van der Waals surface area contributed by atoms with Crippen LogP contribution in [0.4, 0.5) is 0 Å². The summed E-state index contributed by atoms with van der Waals surface area (Å²) in [5, 5.41) is 4.78. The predicted octanol–water partition coefficient (Wildman–Crippen LogP) is 0.364. The van der Waals surface area contributed by atoms with E-state index in [2.05, 4.69) is 10.1 Å². The minimum atomic E-state index is -3.49. The first-order valence-corrected chi connectivity index (χ1v) is 8.69. The summed E-state index contributed by atoms with van der Waals surface area (Å²) in [6.45, 7) is 3.20. The van der Waals surface area contributed by atoms with Crippen LogP contribution in [0.3, 0.4) is 0 Å². The van der Waals surface area contributed by atoms with Crippen LogP contribution in [-0.4, -0.2) is 53.3 Å². The molecular weight excluding hydrogens is 290 g/mol. The van der Waals surface area contributed by atoms with Gasteiger partial charge in [-0.1, -0.05) is 12.1 Å². The number of rotatable bonds is 7. The summed E-state index contributed by atoms with van der Waals surface area (Å²) < 4.78 is 29.7. The Balaban J connectivity index is 1.95. The van der Waals surface area contributed by atoms with Gasteiger partial charge in [0.2, 0.25) is 0 Å². The molecule has 0 unspecified atom stereocenters. The van der Waals surface area contributed by atoms with E-state index < -0.39 is 10.0 Å². The molecular formula is C14H23N3O3S. The monoisotopic (exact) mass is 313 g/mol. The van der Waals surface area contributed by atoms with Crippen LogP contribution < -0.4 is 10.1 Å². The van der Waals surface area contributed by atoms with Gasteiger partial charge in [-0.15, -0.1) is 4.83 Å². The number of aryl methyl sites for hydroxylation is 1. The molecule has 6 nitrogen and oxygen atoms in total. The van der Waals surface area contributed by atoms with Crippen LogP contribution in [0.2, 0.25) is 0 Å². The first-order chi connectivity index (χ1) is 10.1. The minimum Gasteiger partial charge on any atom is -0.379 e. The van der Waals surface area contributed by atoms with Crippen molar-refractivity contribution in [3.05, 3.63) is 29.8 Å². The summed E-state index contributed by atoms with van der Waals surface area (Å²) in [6.07, 6.45) is 1.98. The summed E-state index contributed by atoms with van der Waals surface area (Å²) in [4.78, 5) is 2.90. The van der Waals surface area contributed by atoms with E-state index in [0.29, 0.717) is 31.2 Å². The molecule has 0 saturated carbocycles. The Morgan fingerprint density at radius 1 is 1.19 bits per heavy atom. The third-order valence-corrected chi connectivity index (χ3v) is 4.78. The third kappa shape index (κ3) is 5.05. The van der Waals surface area contributed by atoms with E-state index in [1.807, 2.05) is 19.2 Å². The Hall–Kier alpha value is -0.990. The van der Waals surface area contributed by atoms with Crippen LogP contribution in [0.25, 0.3) is 0 Å². The topological polar surface area (TPSA) is 70.7 Å². The molecule has 0 atom stereocenters.